The topological polar surface area (TPSA) is 93.4 Å². The Morgan fingerprint density at radius 3 is 2.77 bits per heavy atom. The van der Waals surface area contributed by atoms with Crippen LogP contribution in [0.25, 0.3) is 0 Å². The van der Waals surface area contributed by atoms with Gasteiger partial charge in [0.15, 0.2) is 11.2 Å². The number of thiocarbonyl (C=S) groups is 1. The number of fused-ring (bicyclic) bond motifs is 1. The maximum Gasteiger partial charge on any atom is 0.266 e. The van der Waals surface area contributed by atoms with Gasteiger partial charge in [-0.1, -0.05) is 30.1 Å². The van der Waals surface area contributed by atoms with Crippen LogP contribution in [0.4, 0.5) is 5.00 Å². The van der Waals surface area contributed by atoms with Gasteiger partial charge in [-0.25, -0.2) is 0 Å². The SMILES string of the molecule is CC1CCc2c(sc(NC(=S)NC(=O)C(C)Oc3ccc(Cl)cc3Cl)c2C(N)=O)C1. The number of halogens is 2. The van der Waals surface area contributed by atoms with Gasteiger partial charge in [0.05, 0.1) is 10.6 Å². The monoisotopic (exact) mass is 485 g/mol. The van der Waals surface area contributed by atoms with Crippen LogP contribution >= 0.6 is 46.8 Å². The third-order valence-electron chi connectivity index (χ3n) is 4.79. The van der Waals surface area contributed by atoms with Crippen molar-refractivity contribution >= 4 is 68.7 Å². The number of rotatable bonds is 5. The number of nitrogens with two attached hydrogens (primary N) is 1. The highest BCUT2D eigenvalue weighted by molar-refractivity contribution is 7.80. The summed E-state index contributed by atoms with van der Waals surface area (Å²) in [6, 6.07) is 4.73. The summed E-state index contributed by atoms with van der Waals surface area (Å²) in [5, 5.41) is 6.91. The molecule has 1 aliphatic rings. The smallest absolute Gasteiger partial charge is 0.266 e. The van der Waals surface area contributed by atoms with Crippen LogP contribution in [-0.4, -0.2) is 23.0 Å². The Morgan fingerprint density at radius 1 is 1.37 bits per heavy atom. The molecule has 2 amide bonds. The number of hydrogen-bond acceptors (Lipinski definition) is 5. The summed E-state index contributed by atoms with van der Waals surface area (Å²) in [4.78, 5) is 25.6. The minimum absolute atomic E-state index is 0.0619. The second kappa shape index (κ2) is 9.51. The van der Waals surface area contributed by atoms with Crippen LogP contribution in [0.5, 0.6) is 5.75 Å². The summed E-state index contributed by atoms with van der Waals surface area (Å²) >= 11 is 18.7. The molecule has 2 unspecified atom stereocenters. The fourth-order valence-corrected chi connectivity index (χ4v) is 5.40. The van der Waals surface area contributed by atoms with Gasteiger partial charge in [0.1, 0.15) is 10.8 Å². The molecule has 2 atom stereocenters. The summed E-state index contributed by atoms with van der Waals surface area (Å²) < 4.78 is 5.59. The number of hydrogen-bond donors (Lipinski definition) is 3. The highest BCUT2D eigenvalue weighted by Gasteiger charge is 2.27. The molecule has 6 nitrogen and oxygen atoms in total. The molecule has 1 aromatic heterocycles. The van der Waals surface area contributed by atoms with Crippen molar-refractivity contribution in [1.29, 1.82) is 0 Å². The summed E-state index contributed by atoms with van der Waals surface area (Å²) in [5.41, 5.74) is 7.05. The first-order chi connectivity index (χ1) is 14.2. The first-order valence-electron chi connectivity index (χ1n) is 9.33. The lowest BCUT2D eigenvalue weighted by Crippen LogP contribution is -2.42. The van der Waals surface area contributed by atoms with E-state index in [1.54, 1.807) is 19.1 Å². The van der Waals surface area contributed by atoms with Gasteiger partial charge in [0.2, 0.25) is 0 Å². The maximum absolute atomic E-state index is 12.5. The van der Waals surface area contributed by atoms with Gasteiger partial charge in [-0.3, -0.25) is 14.9 Å². The molecule has 0 radical (unpaired) electrons. The van der Waals surface area contributed by atoms with Gasteiger partial charge in [-0.05, 0) is 68.1 Å². The van der Waals surface area contributed by atoms with Crippen LogP contribution in [0.1, 0.15) is 41.1 Å². The number of carbonyl (C=O) groups is 2. The van der Waals surface area contributed by atoms with Crippen molar-refractivity contribution < 1.29 is 14.3 Å². The Bertz CT molecular complexity index is 1010. The molecule has 1 aliphatic carbocycles. The second-order valence-electron chi connectivity index (χ2n) is 7.20. The maximum atomic E-state index is 12.5. The Hall–Kier alpha value is -1.87. The Kier molecular flexibility index (Phi) is 7.23. The van der Waals surface area contributed by atoms with Gasteiger partial charge < -0.3 is 15.8 Å². The Morgan fingerprint density at radius 2 is 2.10 bits per heavy atom. The van der Waals surface area contributed by atoms with E-state index in [0.29, 0.717) is 32.3 Å². The summed E-state index contributed by atoms with van der Waals surface area (Å²) in [6.45, 7) is 3.75. The third-order valence-corrected chi connectivity index (χ3v) is 6.69. The van der Waals surface area contributed by atoms with Gasteiger partial charge in [-0.15, -0.1) is 11.3 Å². The summed E-state index contributed by atoms with van der Waals surface area (Å²) in [6.07, 6.45) is 1.84. The fraction of sp³-hybridized carbons (Fsp3) is 0.350. The predicted octanol–water partition coefficient (Wildman–Crippen LogP) is 4.56. The number of ether oxygens (including phenoxy) is 1. The molecule has 30 heavy (non-hydrogen) atoms. The second-order valence-corrected chi connectivity index (χ2v) is 9.56. The molecule has 10 heteroatoms. The normalized spacial score (nSPS) is 16.3. The van der Waals surface area contributed by atoms with Crippen LogP contribution in [-0.2, 0) is 17.6 Å². The van der Waals surface area contributed by atoms with Gasteiger partial charge in [-0.2, -0.15) is 0 Å². The number of nitrogens with one attached hydrogen (secondary N) is 2. The average molecular weight is 486 g/mol. The van der Waals surface area contributed by atoms with Crippen molar-refractivity contribution in [2.45, 2.75) is 39.2 Å². The van der Waals surface area contributed by atoms with Crippen LogP contribution in [0.3, 0.4) is 0 Å². The zero-order valence-electron chi connectivity index (χ0n) is 16.4. The number of amides is 2. The van der Waals surface area contributed by atoms with Crippen LogP contribution in [0, 0.1) is 5.92 Å². The lowest BCUT2D eigenvalue weighted by Gasteiger charge is -2.18. The van der Waals surface area contributed by atoms with E-state index in [0.717, 1.165) is 29.7 Å². The molecule has 160 valence electrons. The molecule has 3 rings (SSSR count). The highest BCUT2D eigenvalue weighted by atomic mass is 35.5. The predicted molar refractivity (Wildman–Crippen MR) is 125 cm³/mol. The molecule has 0 saturated heterocycles. The zero-order chi connectivity index (χ0) is 22.0. The lowest BCUT2D eigenvalue weighted by molar-refractivity contribution is -0.125. The van der Waals surface area contributed by atoms with Crippen molar-refractivity contribution in [2.24, 2.45) is 11.7 Å². The zero-order valence-corrected chi connectivity index (χ0v) is 19.5. The molecule has 4 N–H and O–H groups in total. The molecular weight excluding hydrogens is 465 g/mol. The summed E-state index contributed by atoms with van der Waals surface area (Å²) in [7, 11) is 0. The molecule has 0 saturated carbocycles. The van der Waals surface area contributed by atoms with E-state index in [2.05, 4.69) is 17.6 Å². The van der Waals surface area contributed by atoms with E-state index in [1.165, 1.54) is 17.4 Å². The van der Waals surface area contributed by atoms with E-state index < -0.39 is 17.9 Å². The van der Waals surface area contributed by atoms with Crippen molar-refractivity contribution in [1.82, 2.24) is 5.32 Å². The molecule has 0 fully saturated rings. The van der Waals surface area contributed by atoms with Crippen molar-refractivity contribution in [3.05, 3.63) is 44.2 Å². The van der Waals surface area contributed by atoms with E-state index >= 15 is 0 Å². The van der Waals surface area contributed by atoms with Crippen molar-refractivity contribution in [3.8, 4) is 5.75 Å². The number of primary amides is 1. The first-order valence-corrected chi connectivity index (χ1v) is 11.3. The van der Waals surface area contributed by atoms with E-state index in [9.17, 15) is 9.59 Å². The van der Waals surface area contributed by atoms with E-state index in [1.807, 2.05) is 0 Å². The van der Waals surface area contributed by atoms with Crippen molar-refractivity contribution in [3.63, 3.8) is 0 Å². The highest BCUT2D eigenvalue weighted by Crippen LogP contribution is 2.39. The van der Waals surface area contributed by atoms with Crippen LogP contribution in [0.15, 0.2) is 18.2 Å². The Balaban J connectivity index is 1.66. The number of thiophene rings is 1. The largest absolute Gasteiger partial charge is 0.479 e. The average Bonchev–Trinajstić information content (AvgIpc) is 3.00. The number of anilines is 1. The quantitative estimate of drug-likeness (QED) is 0.539. The number of benzene rings is 1. The Labute approximate surface area is 194 Å². The minimum atomic E-state index is -0.864. The van der Waals surface area contributed by atoms with E-state index in [4.69, 9.17) is 45.9 Å². The molecule has 0 spiro atoms. The molecule has 0 aliphatic heterocycles. The molecule has 0 bridgehead atoms. The van der Waals surface area contributed by atoms with Crippen molar-refractivity contribution in [2.75, 3.05) is 5.32 Å². The van der Waals surface area contributed by atoms with Gasteiger partial charge in [0, 0.05) is 9.90 Å². The fourth-order valence-electron chi connectivity index (χ4n) is 3.26. The lowest BCUT2D eigenvalue weighted by atomic mass is 9.88. The van der Waals surface area contributed by atoms with Crippen LogP contribution < -0.4 is 21.1 Å². The molecular formula is C20H21Cl2N3O3S2. The molecule has 1 aromatic carbocycles. The third kappa shape index (κ3) is 5.24. The number of carbonyl (C=O) groups excluding carboxylic acids is 2. The molecule has 2 aromatic rings. The van der Waals surface area contributed by atoms with Gasteiger partial charge in [0.25, 0.3) is 11.8 Å². The standard InChI is InChI=1S/C20H21Cl2N3O3S2/c1-9-3-5-12-15(7-9)30-19(16(12)17(23)26)25-20(29)24-18(27)10(2)28-14-6-4-11(21)8-13(14)22/h4,6,8-10H,3,5,7H2,1-2H3,(H2,23,26)(H2,24,25,27,29). The summed E-state index contributed by atoms with van der Waals surface area (Å²) in [5.74, 6) is -0.0884. The first kappa shape index (κ1) is 22.8. The van der Waals surface area contributed by atoms with Crippen LogP contribution in [0.2, 0.25) is 10.0 Å². The minimum Gasteiger partial charge on any atom is -0.479 e. The van der Waals surface area contributed by atoms with Gasteiger partial charge >= 0.3 is 0 Å². The van der Waals surface area contributed by atoms with E-state index in [-0.39, 0.29) is 5.11 Å². The molecule has 1 heterocycles.